The zero-order chi connectivity index (χ0) is 11.5. The third-order valence-electron chi connectivity index (χ3n) is 1.55. The molecule has 0 heterocycles. The molecule has 0 fully saturated rings. The van der Waals surface area contributed by atoms with Crippen molar-refractivity contribution in [1.29, 1.82) is 0 Å². The maximum absolute atomic E-state index is 10.7. The molecule has 6 heteroatoms. The molecule has 0 atom stereocenters. The molecule has 5 nitrogen and oxygen atoms in total. The van der Waals surface area contributed by atoms with Gasteiger partial charge in [0, 0.05) is 6.21 Å². The summed E-state index contributed by atoms with van der Waals surface area (Å²) in [6.07, 6.45) is 2.15. The number of sulfonamides is 1. The van der Waals surface area contributed by atoms with Crippen LogP contribution in [-0.4, -0.2) is 32.0 Å². The second-order valence-electron chi connectivity index (χ2n) is 2.89. The number of hydrogen-bond acceptors (Lipinski definition) is 3. The van der Waals surface area contributed by atoms with E-state index in [4.69, 9.17) is 5.11 Å². The Bertz CT molecular complexity index is 487. The summed E-state index contributed by atoms with van der Waals surface area (Å²) in [7, 11) is -3.40. The average molecular weight is 227 g/mol. The van der Waals surface area contributed by atoms with Crippen LogP contribution in [0.1, 0.15) is 15.9 Å². The van der Waals surface area contributed by atoms with Crippen molar-refractivity contribution in [2.24, 2.45) is 4.40 Å². The van der Waals surface area contributed by atoms with E-state index < -0.39 is 16.0 Å². The molecule has 0 saturated carbocycles. The Morgan fingerprint density at radius 3 is 2.27 bits per heavy atom. The molecule has 0 spiro atoms. The van der Waals surface area contributed by atoms with Crippen molar-refractivity contribution in [3.05, 3.63) is 35.4 Å². The molecule has 1 rings (SSSR count). The Kier molecular flexibility index (Phi) is 3.21. The van der Waals surface area contributed by atoms with Crippen LogP contribution in [-0.2, 0) is 10.0 Å². The Hall–Kier alpha value is -1.69. The Morgan fingerprint density at radius 2 is 1.87 bits per heavy atom. The summed E-state index contributed by atoms with van der Waals surface area (Å²) in [5, 5.41) is 8.61. The standard InChI is InChI=1S/C9H9NO4S/c1-15(13,14)10-6-7-2-4-8(5-3-7)9(11)12/h2-6H,1H3,(H,11,12). The minimum absolute atomic E-state index is 0.145. The van der Waals surface area contributed by atoms with Gasteiger partial charge >= 0.3 is 5.97 Å². The van der Waals surface area contributed by atoms with Crippen LogP contribution in [0.5, 0.6) is 0 Å². The summed E-state index contributed by atoms with van der Waals surface area (Å²) < 4.78 is 24.7. The number of hydrogen-bond donors (Lipinski definition) is 1. The van der Waals surface area contributed by atoms with Gasteiger partial charge in [-0.25, -0.2) is 13.2 Å². The molecular weight excluding hydrogens is 218 g/mol. The van der Waals surface area contributed by atoms with Gasteiger partial charge in [-0.05, 0) is 17.7 Å². The number of carboxylic acids is 1. The molecule has 0 bridgehead atoms. The SMILES string of the molecule is CS(=O)(=O)N=Cc1ccc(C(=O)O)cc1. The quantitative estimate of drug-likeness (QED) is 0.773. The second-order valence-corrected chi connectivity index (χ2v) is 4.57. The Labute approximate surface area is 87.1 Å². The van der Waals surface area contributed by atoms with Crippen molar-refractivity contribution >= 4 is 22.2 Å². The van der Waals surface area contributed by atoms with E-state index in [0.717, 1.165) is 6.26 Å². The van der Waals surface area contributed by atoms with Gasteiger partial charge < -0.3 is 5.11 Å². The average Bonchev–Trinajstić information content (AvgIpc) is 2.14. The topological polar surface area (TPSA) is 83.8 Å². The van der Waals surface area contributed by atoms with Gasteiger partial charge in [-0.3, -0.25) is 0 Å². The first-order valence-corrected chi connectivity index (χ1v) is 5.82. The molecule has 0 aliphatic carbocycles. The van der Waals surface area contributed by atoms with E-state index in [9.17, 15) is 13.2 Å². The molecule has 15 heavy (non-hydrogen) atoms. The van der Waals surface area contributed by atoms with Gasteiger partial charge in [0.2, 0.25) is 10.0 Å². The van der Waals surface area contributed by atoms with Crippen LogP contribution in [0.4, 0.5) is 0 Å². The number of aromatic carboxylic acids is 1. The van der Waals surface area contributed by atoms with Crippen molar-refractivity contribution in [2.75, 3.05) is 6.26 Å². The molecule has 1 aromatic rings. The molecule has 1 aromatic carbocycles. The third kappa shape index (κ3) is 3.90. The molecule has 0 aliphatic rings. The summed E-state index contributed by atoms with van der Waals surface area (Å²) >= 11 is 0. The molecule has 0 aromatic heterocycles. The Balaban J connectivity index is 2.91. The minimum atomic E-state index is -3.40. The molecule has 0 aliphatic heterocycles. The predicted molar refractivity (Wildman–Crippen MR) is 55.8 cm³/mol. The zero-order valence-corrected chi connectivity index (χ0v) is 8.73. The van der Waals surface area contributed by atoms with E-state index in [1.54, 1.807) is 0 Å². The number of benzene rings is 1. The van der Waals surface area contributed by atoms with Crippen LogP contribution < -0.4 is 0 Å². The molecule has 0 amide bonds. The van der Waals surface area contributed by atoms with Crippen molar-refractivity contribution < 1.29 is 18.3 Å². The summed E-state index contributed by atoms with van der Waals surface area (Å²) in [6, 6.07) is 5.73. The van der Waals surface area contributed by atoms with Crippen molar-refractivity contribution in [3.8, 4) is 0 Å². The van der Waals surface area contributed by atoms with Crippen molar-refractivity contribution in [2.45, 2.75) is 0 Å². The fraction of sp³-hybridized carbons (Fsp3) is 0.111. The zero-order valence-electron chi connectivity index (χ0n) is 7.91. The first kappa shape index (κ1) is 11.4. The van der Waals surface area contributed by atoms with Gasteiger partial charge in [0.15, 0.2) is 0 Å². The predicted octanol–water partition coefficient (Wildman–Crippen LogP) is 0.763. The van der Waals surface area contributed by atoms with E-state index >= 15 is 0 Å². The lowest BCUT2D eigenvalue weighted by atomic mass is 10.1. The number of rotatable bonds is 3. The normalized spacial score (nSPS) is 11.8. The van der Waals surface area contributed by atoms with Crippen LogP contribution in [0, 0.1) is 0 Å². The fourth-order valence-corrected chi connectivity index (χ4v) is 1.18. The van der Waals surface area contributed by atoms with Crippen LogP contribution in [0.3, 0.4) is 0 Å². The minimum Gasteiger partial charge on any atom is -0.478 e. The lowest BCUT2D eigenvalue weighted by Crippen LogP contribution is -1.96. The van der Waals surface area contributed by atoms with E-state index in [1.807, 2.05) is 0 Å². The maximum Gasteiger partial charge on any atom is 0.335 e. The lowest BCUT2D eigenvalue weighted by Gasteiger charge is -1.94. The van der Waals surface area contributed by atoms with Gasteiger partial charge in [0.05, 0.1) is 11.8 Å². The van der Waals surface area contributed by atoms with E-state index in [0.29, 0.717) is 5.56 Å². The number of carbonyl (C=O) groups is 1. The smallest absolute Gasteiger partial charge is 0.335 e. The van der Waals surface area contributed by atoms with Crippen LogP contribution in [0.25, 0.3) is 0 Å². The van der Waals surface area contributed by atoms with Gasteiger partial charge in [-0.1, -0.05) is 12.1 Å². The molecule has 1 N–H and O–H groups in total. The molecule has 0 radical (unpaired) electrons. The first-order valence-electron chi connectivity index (χ1n) is 3.97. The highest BCUT2D eigenvalue weighted by Crippen LogP contribution is 2.02. The van der Waals surface area contributed by atoms with Gasteiger partial charge in [-0.2, -0.15) is 4.40 Å². The van der Waals surface area contributed by atoms with Gasteiger partial charge in [-0.15, -0.1) is 0 Å². The van der Waals surface area contributed by atoms with Gasteiger partial charge in [0.25, 0.3) is 0 Å². The highest BCUT2D eigenvalue weighted by Gasteiger charge is 2.00. The Morgan fingerprint density at radius 1 is 1.33 bits per heavy atom. The third-order valence-corrected chi connectivity index (χ3v) is 2.04. The molecule has 0 saturated heterocycles. The lowest BCUT2D eigenvalue weighted by molar-refractivity contribution is 0.0697. The van der Waals surface area contributed by atoms with Gasteiger partial charge in [0.1, 0.15) is 0 Å². The van der Waals surface area contributed by atoms with Crippen molar-refractivity contribution in [3.63, 3.8) is 0 Å². The molecular formula is C9H9NO4S. The molecule has 0 unspecified atom stereocenters. The number of nitrogens with zero attached hydrogens (tertiary/aromatic N) is 1. The number of carboxylic acid groups (broad SMARTS) is 1. The first-order chi connectivity index (χ1) is 6.88. The van der Waals surface area contributed by atoms with E-state index in [1.165, 1.54) is 30.5 Å². The fourth-order valence-electron chi connectivity index (χ4n) is 0.868. The highest BCUT2D eigenvalue weighted by molar-refractivity contribution is 7.89. The summed E-state index contributed by atoms with van der Waals surface area (Å²) in [5.74, 6) is -1.03. The summed E-state index contributed by atoms with van der Waals surface area (Å²) in [4.78, 5) is 10.5. The van der Waals surface area contributed by atoms with Crippen LogP contribution >= 0.6 is 0 Å². The summed E-state index contributed by atoms with van der Waals surface area (Å²) in [6.45, 7) is 0. The largest absolute Gasteiger partial charge is 0.478 e. The molecule has 80 valence electrons. The maximum atomic E-state index is 10.7. The summed E-state index contributed by atoms with van der Waals surface area (Å²) in [5.41, 5.74) is 0.678. The monoisotopic (exact) mass is 227 g/mol. The van der Waals surface area contributed by atoms with E-state index in [2.05, 4.69) is 4.40 Å². The van der Waals surface area contributed by atoms with Crippen LogP contribution in [0.15, 0.2) is 28.7 Å². The van der Waals surface area contributed by atoms with E-state index in [-0.39, 0.29) is 5.56 Å². The highest BCUT2D eigenvalue weighted by atomic mass is 32.2. The second kappa shape index (κ2) is 4.22. The van der Waals surface area contributed by atoms with Crippen LogP contribution in [0.2, 0.25) is 0 Å². The van der Waals surface area contributed by atoms with Crippen molar-refractivity contribution in [1.82, 2.24) is 0 Å².